The number of hydrogen-bond donors (Lipinski definition) is 1. The average Bonchev–Trinajstić information content (AvgIpc) is 2.47. The van der Waals surface area contributed by atoms with E-state index in [1.807, 2.05) is 7.05 Å². The van der Waals surface area contributed by atoms with Gasteiger partial charge in [-0.05, 0) is 37.9 Å². The van der Waals surface area contributed by atoms with Crippen LogP contribution in [0, 0.1) is 5.92 Å². The summed E-state index contributed by atoms with van der Waals surface area (Å²) in [5.74, 6) is 0.627. The molecule has 4 heteroatoms. The van der Waals surface area contributed by atoms with Gasteiger partial charge in [-0.3, -0.25) is 0 Å². The first-order valence-electron chi connectivity index (χ1n) is 7.12. The third-order valence-corrected chi connectivity index (χ3v) is 5.07. The van der Waals surface area contributed by atoms with E-state index in [1.165, 1.54) is 37.7 Å². The summed E-state index contributed by atoms with van der Waals surface area (Å²) < 4.78 is 0. The van der Waals surface area contributed by atoms with Crippen molar-refractivity contribution in [3.8, 4) is 0 Å². The zero-order chi connectivity index (χ0) is 14.5. The monoisotopic (exact) mass is 331 g/mol. The summed E-state index contributed by atoms with van der Waals surface area (Å²) in [6, 6.07) is 3.54. The van der Waals surface area contributed by atoms with Gasteiger partial charge in [-0.2, -0.15) is 0 Å². The van der Waals surface area contributed by atoms with E-state index in [2.05, 4.69) is 11.4 Å². The molecule has 0 radical (unpaired) electrons. The lowest BCUT2D eigenvalue weighted by Gasteiger charge is -2.25. The number of rotatable bonds is 4. The van der Waals surface area contributed by atoms with E-state index >= 15 is 0 Å². The van der Waals surface area contributed by atoms with Crippen LogP contribution in [0.15, 0.2) is 17.7 Å². The lowest BCUT2D eigenvalue weighted by Crippen LogP contribution is -2.19. The second-order valence-corrected chi connectivity index (χ2v) is 6.53. The molecule has 1 aliphatic rings. The highest BCUT2D eigenvalue weighted by atomic mass is 35.5. The first kappa shape index (κ1) is 16.2. The van der Waals surface area contributed by atoms with Gasteiger partial charge in [0, 0.05) is 17.1 Å². The Morgan fingerprint density at radius 1 is 1.15 bits per heavy atom. The molecule has 0 atom stereocenters. The van der Waals surface area contributed by atoms with Crippen LogP contribution in [0.5, 0.6) is 0 Å². The number of halogens is 3. The van der Waals surface area contributed by atoms with Crippen molar-refractivity contribution in [3.05, 3.63) is 38.3 Å². The fourth-order valence-corrected chi connectivity index (χ4v) is 3.50. The minimum Gasteiger partial charge on any atom is -0.316 e. The molecule has 1 nitrogen and oxygen atoms in total. The van der Waals surface area contributed by atoms with E-state index in [0.717, 1.165) is 12.1 Å². The van der Waals surface area contributed by atoms with Crippen LogP contribution < -0.4 is 5.32 Å². The van der Waals surface area contributed by atoms with E-state index in [1.54, 1.807) is 12.1 Å². The van der Waals surface area contributed by atoms with Crippen LogP contribution in [-0.4, -0.2) is 13.6 Å². The maximum absolute atomic E-state index is 6.30. The summed E-state index contributed by atoms with van der Waals surface area (Å²) in [6.45, 7) is 0.865. The predicted molar refractivity (Wildman–Crippen MR) is 90.0 cm³/mol. The van der Waals surface area contributed by atoms with E-state index in [0.29, 0.717) is 21.0 Å². The van der Waals surface area contributed by atoms with Gasteiger partial charge in [0.05, 0.1) is 10.0 Å². The second kappa shape index (κ2) is 7.70. The summed E-state index contributed by atoms with van der Waals surface area (Å²) in [7, 11) is 1.97. The normalized spacial score (nSPS) is 17.5. The number of nitrogens with one attached hydrogen (secondary N) is 1. The van der Waals surface area contributed by atoms with E-state index in [4.69, 9.17) is 34.8 Å². The molecule has 1 fully saturated rings. The maximum Gasteiger partial charge on any atom is 0.0679 e. The van der Waals surface area contributed by atoms with Crippen LogP contribution >= 0.6 is 34.8 Å². The highest BCUT2D eigenvalue weighted by Gasteiger charge is 2.18. The predicted octanol–water partition coefficient (Wildman–Crippen LogP) is 5.83. The Labute approximate surface area is 136 Å². The topological polar surface area (TPSA) is 12.0 Å². The minimum atomic E-state index is 0.545. The van der Waals surface area contributed by atoms with Crippen LogP contribution in [0.4, 0.5) is 0 Å². The molecular formula is C16H20Cl3N. The molecule has 1 aromatic carbocycles. The van der Waals surface area contributed by atoms with E-state index in [-0.39, 0.29) is 0 Å². The Morgan fingerprint density at radius 2 is 1.80 bits per heavy atom. The van der Waals surface area contributed by atoms with Crippen LogP contribution in [0.2, 0.25) is 15.1 Å². The molecule has 2 rings (SSSR count). The van der Waals surface area contributed by atoms with Gasteiger partial charge in [-0.25, -0.2) is 0 Å². The largest absolute Gasteiger partial charge is 0.316 e. The molecule has 0 saturated heterocycles. The molecule has 1 saturated carbocycles. The van der Waals surface area contributed by atoms with Crippen molar-refractivity contribution < 1.29 is 0 Å². The Bertz CT molecular complexity index is 491. The van der Waals surface area contributed by atoms with Gasteiger partial charge < -0.3 is 5.32 Å². The molecule has 0 aliphatic heterocycles. The summed E-state index contributed by atoms with van der Waals surface area (Å²) in [5.41, 5.74) is 2.22. The maximum atomic E-state index is 6.30. The fourth-order valence-electron chi connectivity index (χ4n) is 2.85. The molecule has 0 spiro atoms. The van der Waals surface area contributed by atoms with Crippen molar-refractivity contribution >= 4 is 40.9 Å². The highest BCUT2D eigenvalue weighted by Crippen LogP contribution is 2.36. The summed E-state index contributed by atoms with van der Waals surface area (Å²) in [5, 5.41) is 5.00. The molecule has 0 aromatic heterocycles. The van der Waals surface area contributed by atoms with Crippen molar-refractivity contribution in [2.75, 3.05) is 13.6 Å². The SMILES string of the molecule is CNC/C(=C/c1c(Cl)ccc(Cl)c1Cl)C1CCCCC1. The molecule has 0 heterocycles. The molecular weight excluding hydrogens is 313 g/mol. The first-order chi connectivity index (χ1) is 9.63. The third kappa shape index (κ3) is 3.92. The van der Waals surface area contributed by atoms with Crippen LogP contribution in [0.3, 0.4) is 0 Å². The molecule has 1 aromatic rings. The van der Waals surface area contributed by atoms with Crippen molar-refractivity contribution in [3.63, 3.8) is 0 Å². The van der Waals surface area contributed by atoms with Crippen LogP contribution in [0.25, 0.3) is 6.08 Å². The van der Waals surface area contributed by atoms with Crippen molar-refractivity contribution in [2.45, 2.75) is 32.1 Å². The molecule has 20 heavy (non-hydrogen) atoms. The summed E-state index contributed by atoms with van der Waals surface area (Å²) in [6.07, 6.45) is 8.60. The number of likely N-dealkylation sites (N-methyl/N-ethyl adjacent to an activating group) is 1. The lowest BCUT2D eigenvalue weighted by atomic mass is 9.83. The van der Waals surface area contributed by atoms with Gasteiger partial charge in [-0.15, -0.1) is 0 Å². The fraction of sp³-hybridized carbons (Fsp3) is 0.500. The average molecular weight is 333 g/mol. The zero-order valence-electron chi connectivity index (χ0n) is 11.7. The molecule has 0 amide bonds. The Kier molecular flexibility index (Phi) is 6.22. The van der Waals surface area contributed by atoms with Crippen LogP contribution in [-0.2, 0) is 0 Å². The third-order valence-electron chi connectivity index (χ3n) is 3.92. The summed E-state index contributed by atoms with van der Waals surface area (Å²) >= 11 is 18.7. The Morgan fingerprint density at radius 3 is 2.45 bits per heavy atom. The second-order valence-electron chi connectivity index (χ2n) is 5.34. The molecule has 0 unspecified atom stereocenters. The Hall–Kier alpha value is -0.210. The van der Waals surface area contributed by atoms with Gasteiger partial charge in [0.2, 0.25) is 0 Å². The van der Waals surface area contributed by atoms with Gasteiger partial charge in [-0.1, -0.05) is 65.7 Å². The number of benzene rings is 1. The van der Waals surface area contributed by atoms with E-state index < -0.39 is 0 Å². The van der Waals surface area contributed by atoms with Crippen LogP contribution in [0.1, 0.15) is 37.7 Å². The minimum absolute atomic E-state index is 0.545. The van der Waals surface area contributed by atoms with Gasteiger partial charge >= 0.3 is 0 Å². The molecule has 0 bridgehead atoms. The molecule has 110 valence electrons. The smallest absolute Gasteiger partial charge is 0.0679 e. The quantitative estimate of drug-likeness (QED) is 0.684. The highest BCUT2D eigenvalue weighted by molar-refractivity contribution is 6.44. The summed E-state index contributed by atoms with van der Waals surface area (Å²) in [4.78, 5) is 0. The standard InChI is InChI=1S/C16H20Cl3N/c1-20-10-12(11-5-3-2-4-6-11)9-13-14(17)7-8-15(18)16(13)19/h7-9,11,20H,2-6,10H2,1H3/b12-9-. The molecule has 1 N–H and O–H groups in total. The van der Waals surface area contributed by atoms with Gasteiger partial charge in [0.1, 0.15) is 0 Å². The van der Waals surface area contributed by atoms with Gasteiger partial charge in [0.15, 0.2) is 0 Å². The molecule has 1 aliphatic carbocycles. The van der Waals surface area contributed by atoms with E-state index in [9.17, 15) is 0 Å². The van der Waals surface area contributed by atoms with Crippen molar-refractivity contribution in [1.82, 2.24) is 5.32 Å². The first-order valence-corrected chi connectivity index (χ1v) is 8.25. The van der Waals surface area contributed by atoms with Crippen molar-refractivity contribution in [1.29, 1.82) is 0 Å². The zero-order valence-corrected chi connectivity index (χ0v) is 14.0. The number of hydrogen-bond acceptors (Lipinski definition) is 1. The van der Waals surface area contributed by atoms with Crippen molar-refractivity contribution in [2.24, 2.45) is 5.92 Å². The Balaban J connectivity index is 2.35. The van der Waals surface area contributed by atoms with Gasteiger partial charge in [0.25, 0.3) is 0 Å². The lowest BCUT2D eigenvalue weighted by molar-refractivity contribution is 0.398.